The Bertz CT molecular complexity index is 780. The molecule has 0 amide bonds. The number of sulfonamides is 1. The summed E-state index contributed by atoms with van der Waals surface area (Å²) in [6, 6.07) is 6.93. The van der Waals surface area contributed by atoms with Crippen LogP contribution in [0.3, 0.4) is 0 Å². The summed E-state index contributed by atoms with van der Waals surface area (Å²) >= 11 is 0. The van der Waals surface area contributed by atoms with Gasteiger partial charge in [0.15, 0.2) is 0 Å². The van der Waals surface area contributed by atoms with Gasteiger partial charge < -0.3 is 0 Å². The average Bonchev–Trinajstić information content (AvgIpc) is 3.06. The molecule has 1 heterocycles. The van der Waals surface area contributed by atoms with Gasteiger partial charge in [-0.15, -0.1) is 6.58 Å². The van der Waals surface area contributed by atoms with E-state index in [1.807, 2.05) is 26.0 Å². The second kappa shape index (κ2) is 9.47. The van der Waals surface area contributed by atoms with Gasteiger partial charge in [0.1, 0.15) is 5.78 Å². The summed E-state index contributed by atoms with van der Waals surface area (Å²) in [6.45, 7) is 10.6. The van der Waals surface area contributed by atoms with Gasteiger partial charge in [-0.25, -0.2) is 8.42 Å². The highest BCUT2D eigenvalue weighted by Crippen LogP contribution is 2.36. The van der Waals surface area contributed by atoms with Crippen LogP contribution in [0.15, 0.2) is 54.0 Å². The molecule has 1 aliphatic heterocycles. The van der Waals surface area contributed by atoms with E-state index in [9.17, 15) is 13.2 Å². The maximum atomic E-state index is 13.1. The Morgan fingerprint density at radius 2 is 1.93 bits per heavy atom. The molecule has 0 unspecified atom stereocenters. The van der Waals surface area contributed by atoms with E-state index in [0.29, 0.717) is 24.4 Å². The number of nitrogens with zero attached hydrogens (tertiary/aromatic N) is 1. The van der Waals surface area contributed by atoms with Crippen molar-refractivity contribution in [3.05, 3.63) is 54.6 Å². The molecule has 0 N–H and O–H groups in total. The van der Waals surface area contributed by atoms with Crippen LogP contribution in [-0.4, -0.2) is 31.6 Å². The smallest absolute Gasteiger partial charge is 0.243 e. The van der Waals surface area contributed by atoms with Gasteiger partial charge in [0.05, 0.1) is 4.90 Å². The van der Waals surface area contributed by atoms with E-state index in [4.69, 9.17) is 0 Å². The lowest BCUT2D eigenvalue weighted by Gasteiger charge is -2.23. The molecule has 0 aromatic heterocycles. The zero-order valence-corrected chi connectivity index (χ0v) is 17.4. The van der Waals surface area contributed by atoms with Gasteiger partial charge in [0.25, 0.3) is 0 Å². The SMILES string of the molecule is C=C[C@@H](C(=O)CCC)[C@@H]1CN(S(=O)(=O)c2ccc(C)cc2)C[C@H]1/C=C/CC. The first-order valence-corrected chi connectivity index (χ1v) is 11.2. The Morgan fingerprint density at radius 3 is 2.48 bits per heavy atom. The largest absolute Gasteiger partial charge is 0.299 e. The van der Waals surface area contributed by atoms with E-state index in [2.05, 4.69) is 25.7 Å². The minimum absolute atomic E-state index is 0.0222. The Hall–Kier alpha value is -1.72. The first kappa shape index (κ1) is 21.6. The number of benzene rings is 1. The third-order valence-corrected chi connectivity index (χ3v) is 7.09. The molecule has 4 nitrogen and oxygen atoms in total. The quantitative estimate of drug-likeness (QED) is 0.589. The third kappa shape index (κ3) is 4.96. The minimum atomic E-state index is -3.57. The summed E-state index contributed by atoms with van der Waals surface area (Å²) in [5, 5.41) is 0. The number of ketones is 1. The molecule has 0 saturated carbocycles. The lowest BCUT2D eigenvalue weighted by molar-refractivity contribution is -0.123. The van der Waals surface area contributed by atoms with E-state index in [-0.39, 0.29) is 23.5 Å². The maximum Gasteiger partial charge on any atom is 0.243 e. The molecular weight excluding hydrogens is 358 g/mol. The Balaban J connectivity index is 2.33. The Morgan fingerprint density at radius 1 is 1.26 bits per heavy atom. The van der Waals surface area contributed by atoms with Crippen LogP contribution in [0, 0.1) is 24.7 Å². The van der Waals surface area contributed by atoms with Crippen molar-refractivity contribution in [3.63, 3.8) is 0 Å². The van der Waals surface area contributed by atoms with Crippen molar-refractivity contribution in [1.29, 1.82) is 0 Å². The number of allylic oxidation sites excluding steroid dienone is 2. The number of aryl methyl sites for hydroxylation is 1. The molecule has 1 aromatic rings. The van der Waals surface area contributed by atoms with Gasteiger partial charge in [0, 0.05) is 25.4 Å². The maximum absolute atomic E-state index is 13.1. The number of hydrogen-bond acceptors (Lipinski definition) is 3. The highest BCUT2D eigenvalue weighted by atomic mass is 32.2. The predicted octanol–water partition coefficient (Wildman–Crippen LogP) is 4.37. The molecule has 3 atom stereocenters. The standard InChI is InChI=1S/C22H31NO3S/c1-5-8-10-18-15-23(16-21(18)20(7-3)22(24)9-6-2)27(25,26)19-13-11-17(4)12-14-19/h7-8,10-14,18,20-21H,3,5-6,9,15-16H2,1-2,4H3/b10-8+/t18-,20-,21-/m1/s1. The van der Waals surface area contributed by atoms with E-state index < -0.39 is 10.0 Å². The van der Waals surface area contributed by atoms with Crippen LogP contribution >= 0.6 is 0 Å². The van der Waals surface area contributed by atoms with Crippen molar-refractivity contribution in [2.45, 2.75) is 44.9 Å². The number of carbonyl (C=O) groups excluding carboxylic acids is 1. The van der Waals surface area contributed by atoms with Crippen LogP contribution in [0.2, 0.25) is 0 Å². The average molecular weight is 390 g/mol. The highest BCUT2D eigenvalue weighted by molar-refractivity contribution is 7.89. The molecular formula is C22H31NO3S. The van der Waals surface area contributed by atoms with Gasteiger partial charge in [0.2, 0.25) is 10.0 Å². The fourth-order valence-corrected chi connectivity index (χ4v) is 5.24. The monoisotopic (exact) mass is 389 g/mol. The molecule has 148 valence electrons. The molecule has 1 fully saturated rings. The molecule has 0 radical (unpaired) electrons. The van der Waals surface area contributed by atoms with Crippen LogP contribution in [-0.2, 0) is 14.8 Å². The molecule has 5 heteroatoms. The fraction of sp³-hybridized carbons (Fsp3) is 0.500. The minimum Gasteiger partial charge on any atom is -0.299 e. The van der Waals surface area contributed by atoms with E-state index in [0.717, 1.165) is 18.4 Å². The Labute approximate surface area is 164 Å². The lowest BCUT2D eigenvalue weighted by atomic mass is 9.80. The summed E-state index contributed by atoms with van der Waals surface area (Å²) in [6.07, 6.45) is 8.01. The normalized spacial score (nSPS) is 22.2. The van der Waals surface area contributed by atoms with Crippen molar-refractivity contribution in [2.75, 3.05) is 13.1 Å². The van der Waals surface area contributed by atoms with Gasteiger partial charge in [-0.3, -0.25) is 4.79 Å². The molecule has 0 spiro atoms. The van der Waals surface area contributed by atoms with Gasteiger partial charge in [-0.2, -0.15) is 4.31 Å². The van der Waals surface area contributed by atoms with E-state index in [1.54, 1.807) is 18.2 Å². The second-order valence-corrected chi connectivity index (χ2v) is 9.21. The second-order valence-electron chi connectivity index (χ2n) is 7.28. The molecule has 1 aromatic carbocycles. The zero-order chi connectivity index (χ0) is 20.0. The number of carbonyl (C=O) groups is 1. The predicted molar refractivity (Wildman–Crippen MR) is 110 cm³/mol. The lowest BCUT2D eigenvalue weighted by Crippen LogP contribution is -2.31. The number of hydrogen-bond donors (Lipinski definition) is 0. The Kier molecular flexibility index (Phi) is 7.57. The van der Waals surface area contributed by atoms with Crippen LogP contribution < -0.4 is 0 Å². The van der Waals surface area contributed by atoms with Crippen LogP contribution in [0.1, 0.15) is 38.7 Å². The van der Waals surface area contributed by atoms with Crippen LogP contribution in [0.5, 0.6) is 0 Å². The van der Waals surface area contributed by atoms with Crippen molar-refractivity contribution < 1.29 is 13.2 Å². The number of Topliss-reactive ketones (excluding diaryl/α,β-unsaturated/α-hetero) is 1. The molecule has 2 rings (SSSR count). The van der Waals surface area contributed by atoms with Crippen LogP contribution in [0.25, 0.3) is 0 Å². The third-order valence-electron chi connectivity index (χ3n) is 5.24. The first-order valence-electron chi connectivity index (χ1n) is 9.73. The van der Waals surface area contributed by atoms with Crippen molar-refractivity contribution in [2.24, 2.45) is 17.8 Å². The summed E-state index contributed by atoms with van der Waals surface area (Å²) in [7, 11) is -3.57. The molecule has 0 bridgehead atoms. The molecule has 1 saturated heterocycles. The van der Waals surface area contributed by atoms with Crippen LogP contribution in [0.4, 0.5) is 0 Å². The summed E-state index contributed by atoms with van der Waals surface area (Å²) in [5.74, 6) is -0.199. The van der Waals surface area contributed by atoms with E-state index >= 15 is 0 Å². The summed E-state index contributed by atoms with van der Waals surface area (Å²) < 4.78 is 27.7. The topological polar surface area (TPSA) is 54.5 Å². The van der Waals surface area contributed by atoms with Crippen molar-refractivity contribution in [3.8, 4) is 0 Å². The molecule has 1 aliphatic rings. The van der Waals surface area contributed by atoms with Gasteiger partial charge in [-0.05, 0) is 43.7 Å². The van der Waals surface area contributed by atoms with Crippen molar-refractivity contribution >= 4 is 15.8 Å². The van der Waals surface area contributed by atoms with Gasteiger partial charge in [-0.1, -0.05) is 49.8 Å². The van der Waals surface area contributed by atoms with Gasteiger partial charge >= 0.3 is 0 Å². The summed E-state index contributed by atoms with van der Waals surface area (Å²) in [4.78, 5) is 12.9. The van der Waals surface area contributed by atoms with Crippen molar-refractivity contribution in [1.82, 2.24) is 4.31 Å². The molecule has 27 heavy (non-hydrogen) atoms. The fourth-order valence-electron chi connectivity index (χ4n) is 3.72. The zero-order valence-electron chi connectivity index (χ0n) is 16.6. The molecule has 0 aliphatic carbocycles. The first-order chi connectivity index (χ1) is 12.8. The van der Waals surface area contributed by atoms with E-state index in [1.165, 1.54) is 4.31 Å². The highest BCUT2D eigenvalue weighted by Gasteiger charge is 2.42. The number of rotatable bonds is 9. The summed E-state index contributed by atoms with van der Waals surface area (Å²) in [5.41, 5.74) is 1.02.